The number of aromatic amines is 2. The molecule has 1 heterocycles. The van der Waals surface area contributed by atoms with Gasteiger partial charge >= 0.3 is 5.69 Å². The summed E-state index contributed by atoms with van der Waals surface area (Å²) < 4.78 is 0. The molecule has 0 saturated carbocycles. The molecule has 1 amide bonds. The molecule has 0 aliphatic rings. The van der Waals surface area contributed by atoms with Crippen LogP contribution in [0.2, 0.25) is 0 Å². The van der Waals surface area contributed by atoms with E-state index in [4.69, 9.17) is 0 Å². The molecule has 0 fully saturated rings. The Morgan fingerprint density at radius 3 is 2.80 bits per heavy atom. The van der Waals surface area contributed by atoms with E-state index in [1.807, 2.05) is 6.92 Å². The zero-order valence-corrected chi connectivity index (χ0v) is 8.26. The van der Waals surface area contributed by atoms with Crippen LogP contribution in [0.4, 0.5) is 0 Å². The zero-order chi connectivity index (χ0) is 10.8. The Labute approximate surface area is 85.5 Å². The maximum absolute atomic E-state index is 11.5. The number of imidazole rings is 1. The monoisotopic (exact) mass is 205 g/mol. The van der Waals surface area contributed by atoms with E-state index in [1.165, 1.54) is 0 Å². The van der Waals surface area contributed by atoms with Crippen LogP contribution < -0.4 is 11.0 Å². The van der Waals surface area contributed by atoms with E-state index in [2.05, 4.69) is 15.3 Å². The molecule has 0 aliphatic carbocycles. The third kappa shape index (κ3) is 1.76. The summed E-state index contributed by atoms with van der Waals surface area (Å²) in [4.78, 5) is 27.7. The van der Waals surface area contributed by atoms with Gasteiger partial charge in [-0.3, -0.25) is 4.79 Å². The third-order valence-electron chi connectivity index (χ3n) is 2.12. The number of rotatable bonds is 2. The number of benzene rings is 1. The van der Waals surface area contributed by atoms with Crippen LogP contribution in [0.25, 0.3) is 11.0 Å². The Bertz CT molecular complexity index is 553. The molecule has 0 aliphatic heterocycles. The number of hydrogen-bond donors (Lipinski definition) is 3. The summed E-state index contributed by atoms with van der Waals surface area (Å²) in [5.74, 6) is -0.138. The first-order valence-corrected chi connectivity index (χ1v) is 4.71. The van der Waals surface area contributed by atoms with Gasteiger partial charge in [-0.2, -0.15) is 0 Å². The van der Waals surface area contributed by atoms with Crippen molar-refractivity contribution in [3.63, 3.8) is 0 Å². The Kier molecular flexibility index (Phi) is 2.29. The summed E-state index contributed by atoms with van der Waals surface area (Å²) >= 11 is 0. The minimum Gasteiger partial charge on any atom is -0.352 e. The molecule has 2 aromatic rings. The lowest BCUT2D eigenvalue weighted by atomic mass is 10.2. The Hall–Kier alpha value is -2.04. The molecule has 5 heteroatoms. The molecule has 0 unspecified atom stereocenters. The van der Waals surface area contributed by atoms with Crippen molar-refractivity contribution in [3.05, 3.63) is 34.2 Å². The van der Waals surface area contributed by atoms with Gasteiger partial charge in [0.15, 0.2) is 0 Å². The van der Waals surface area contributed by atoms with Crippen molar-refractivity contribution in [2.45, 2.75) is 6.92 Å². The maximum atomic E-state index is 11.5. The lowest BCUT2D eigenvalue weighted by Gasteiger charge is -2.01. The number of amides is 1. The SMILES string of the molecule is CCNC(=O)c1ccc2[nH]c(=O)[nH]c2c1. The zero-order valence-electron chi connectivity index (χ0n) is 8.26. The average Bonchev–Trinajstić information content (AvgIpc) is 2.57. The number of carbonyl (C=O) groups excluding carboxylic acids is 1. The second kappa shape index (κ2) is 3.61. The highest BCUT2D eigenvalue weighted by molar-refractivity contribution is 5.97. The summed E-state index contributed by atoms with van der Waals surface area (Å²) in [7, 11) is 0. The van der Waals surface area contributed by atoms with Gasteiger partial charge < -0.3 is 15.3 Å². The van der Waals surface area contributed by atoms with E-state index in [0.717, 1.165) is 0 Å². The molecule has 0 radical (unpaired) electrons. The van der Waals surface area contributed by atoms with E-state index in [-0.39, 0.29) is 11.6 Å². The first-order valence-electron chi connectivity index (χ1n) is 4.71. The highest BCUT2D eigenvalue weighted by Crippen LogP contribution is 2.09. The van der Waals surface area contributed by atoms with Crippen molar-refractivity contribution in [3.8, 4) is 0 Å². The standard InChI is InChI=1S/C10H11N3O2/c1-2-11-9(14)6-3-4-7-8(5-6)13-10(15)12-7/h3-5H,2H2,1H3,(H,11,14)(H2,12,13,15). The van der Waals surface area contributed by atoms with Crippen molar-refractivity contribution < 1.29 is 4.79 Å². The normalized spacial score (nSPS) is 10.5. The summed E-state index contributed by atoms with van der Waals surface area (Å²) in [6.07, 6.45) is 0. The maximum Gasteiger partial charge on any atom is 0.323 e. The Morgan fingerprint density at radius 1 is 1.33 bits per heavy atom. The van der Waals surface area contributed by atoms with E-state index in [9.17, 15) is 9.59 Å². The Balaban J connectivity index is 2.46. The predicted molar refractivity (Wildman–Crippen MR) is 56.9 cm³/mol. The van der Waals surface area contributed by atoms with Crippen LogP contribution in [0.5, 0.6) is 0 Å². The lowest BCUT2D eigenvalue weighted by Crippen LogP contribution is -2.22. The molecule has 5 nitrogen and oxygen atoms in total. The Morgan fingerprint density at radius 2 is 2.07 bits per heavy atom. The van der Waals surface area contributed by atoms with Gasteiger partial charge in [-0.25, -0.2) is 4.79 Å². The van der Waals surface area contributed by atoms with Gasteiger partial charge in [0.2, 0.25) is 0 Å². The van der Waals surface area contributed by atoms with Gasteiger partial charge in [0.25, 0.3) is 5.91 Å². The summed E-state index contributed by atoms with van der Waals surface area (Å²) in [6, 6.07) is 5.03. The largest absolute Gasteiger partial charge is 0.352 e. The van der Waals surface area contributed by atoms with Gasteiger partial charge in [0, 0.05) is 12.1 Å². The van der Waals surface area contributed by atoms with Crippen molar-refractivity contribution in [2.75, 3.05) is 6.54 Å². The first kappa shape index (κ1) is 9.51. The van der Waals surface area contributed by atoms with Crippen LogP contribution >= 0.6 is 0 Å². The van der Waals surface area contributed by atoms with Crippen molar-refractivity contribution in [1.82, 2.24) is 15.3 Å². The fourth-order valence-electron chi connectivity index (χ4n) is 1.44. The van der Waals surface area contributed by atoms with Crippen molar-refractivity contribution in [2.24, 2.45) is 0 Å². The minimum atomic E-state index is -0.266. The molecule has 0 bridgehead atoms. The molecular formula is C10H11N3O2. The molecular weight excluding hydrogens is 194 g/mol. The van der Waals surface area contributed by atoms with Crippen LogP contribution in [-0.4, -0.2) is 22.4 Å². The second-order valence-electron chi connectivity index (χ2n) is 3.20. The van der Waals surface area contributed by atoms with Crippen LogP contribution in [0.3, 0.4) is 0 Å². The predicted octanol–water partition coefficient (Wildman–Crippen LogP) is 0.606. The van der Waals surface area contributed by atoms with Crippen LogP contribution in [0.1, 0.15) is 17.3 Å². The summed E-state index contributed by atoms with van der Waals surface area (Å²) in [5.41, 5.74) is 1.62. The first-order chi connectivity index (χ1) is 7.20. The molecule has 0 spiro atoms. The van der Waals surface area contributed by atoms with Gasteiger partial charge in [0.05, 0.1) is 11.0 Å². The molecule has 15 heavy (non-hydrogen) atoms. The molecule has 78 valence electrons. The van der Waals surface area contributed by atoms with Gasteiger partial charge in [-0.05, 0) is 25.1 Å². The highest BCUT2D eigenvalue weighted by Gasteiger charge is 2.05. The quantitative estimate of drug-likeness (QED) is 0.671. The number of carbonyl (C=O) groups is 1. The fraction of sp³-hybridized carbons (Fsp3) is 0.200. The summed E-state index contributed by atoms with van der Waals surface area (Å²) in [5, 5.41) is 2.69. The number of H-pyrrole nitrogens is 2. The highest BCUT2D eigenvalue weighted by atomic mass is 16.1. The topological polar surface area (TPSA) is 77.8 Å². The number of nitrogens with one attached hydrogen (secondary N) is 3. The smallest absolute Gasteiger partial charge is 0.323 e. The lowest BCUT2D eigenvalue weighted by molar-refractivity contribution is 0.0956. The number of fused-ring (bicyclic) bond motifs is 1. The minimum absolute atomic E-state index is 0.138. The van der Waals surface area contributed by atoms with E-state index in [0.29, 0.717) is 23.1 Å². The van der Waals surface area contributed by atoms with E-state index >= 15 is 0 Å². The molecule has 3 N–H and O–H groups in total. The second-order valence-corrected chi connectivity index (χ2v) is 3.20. The van der Waals surface area contributed by atoms with Crippen LogP contribution in [0.15, 0.2) is 23.0 Å². The average molecular weight is 205 g/mol. The molecule has 2 rings (SSSR count). The number of aromatic nitrogens is 2. The molecule has 0 atom stereocenters. The molecule has 1 aromatic heterocycles. The van der Waals surface area contributed by atoms with Crippen LogP contribution in [0, 0.1) is 0 Å². The van der Waals surface area contributed by atoms with E-state index < -0.39 is 0 Å². The fourth-order valence-corrected chi connectivity index (χ4v) is 1.44. The van der Waals surface area contributed by atoms with Crippen molar-refractivity contribution in [1.29, 1.82) is 0 Å². The molecule has 0 saturated heterocycles. The summed E-state index contributed by atoms with van der Waals surface area (Å²) in [6.45, 7) is 2.44. The van der Waals surface area contributed by atoms with Crippen molar-refractivity contribution >= 4 is 16.9 Å². The third-order valence-corrected chi connectivity index (χ3v) is 2.12. The molecule has 1 aromatic carbocycles. The van der Waals surface area contributed by atoms with E-state index in [1.54, 1.807) is 18.2 Å². The van der Waals surface area contributed by atoms with Gasteiger partial charge in [-0.1, -0.05) is 0 Å². The van der Waals surface area contributed by atoms with Gasteiger partial charge in [-0.15, -0.1) is 0 Å². The van der Waals surface area contributed by atoms with Gasteiger partial charge in [0.1, 0.15) is 0 Å². The number of hydrogen-bond acceptors (Lipinski definition) is 2. The van der Waals surface area contributed by atoms with Crippen LogP contribution in [-0.2, 0) is 0 Å².